The summed E-state index contributed by atoms with van der Waals surface area (Å²) in [7, 11) is 1.62. The Balaban J connectivity index is 3.88. The third kappa shape index (κ3) is 6.69. The molecule has 0 bridgehead atoms. The highest BCUT2D eigenvalue weighted by atomic mass is 127. The Morgan fingerprint density at radius 2 is 2.21 bits per heavy atom. The lowest BCUT2D eigenvalue weighted by molar-refractivity contribution is -0.119. The van der Waals surface area contributed by atoms with Crippen molar-refractivity contribution < 1.29 is 14.6 Å². The van der Waals surface area contributed by atoms with Gasteiger partial charge in [0.25, 0.3) is 0 Å². The van der Waals surface area contributed by atoms with Gasteiger partial charge in [0.05, 0.1) is 23.7 Å². The molecule has 0 aromatic rings. The molecule has 1 atom stereocenters. The molecule has 0 aromatic carbocycles. The van der Waals surface area contributed by atoms with E-state index in [9.17, 15) is 4.79 Å². The van der Waals surface area contributed by atoms with Gasteiger partial charge in [-0.15, -0.1) is 0 Å². The topological polar surface area (TPSA) is 49.8 Å². The van der Waals surface area contributed by atoms with Crippen LogP contribution in [-0.2, 0) is 9.53 Å². The van der Waals surface area contributed by atoms with E-state index in [1.165, 1.54) is 0 Å². The van der Waals surface area contributed by atoms with Crippen molar-refractivity contribution in [3.63, 3.8) is 0 Å². The van der Waals surface area contributed by atoms with Crippen LogP contribution in [0, 0.1) is 0 Å². The Morgan fingerprint density at radius 3 is 2.64 bits per heavy atom. The van der Waals surface area contributed by atoms with Gasteiger partial charge < -0.3 is 9.84 Å². The largest absolute Gasteiger partial charge is 0.395 e. The summed E-state index contributed by atoms with van der Waals surface area (Å²) in [6.07, 6.45) is 0. The third-order valence-electron chi connectivity index (χ3n) is 1.85. The molecule has 0 rings (SSSR count). The van der Waals surface area contributed by atoms with Crippen LogP contribution in [0.25, 0.3) is 0 Å². The number of methoxy groups -OCH3 is 1. The van der Waals surface area contributed by atoms with Crippen LogP contribution in [0.15, 0.2) is 0 Å². The molecule has 0 saturated heterocycles. The number of nitrogens with zero attached hydrogens (tertiary/aromatic N) is 1. The number of hydrogen-bond donors (Lipinski definition) is 1. The molecule has 1 unspecified atom stereocenters. The molecule has 0 spiro atoms. The molecule has 0 radical (unpaired) electrons. The molecular formula is C9H18INO3. The van der Waals surface area contributed by atoms with Crippen LogP contribution in [-0.4, -0.2) is 59.7 Å². The van der Waals surface area contributed by atoms with Crippen LogP contribution in [0.2, 0.25) is 0 Å². The fourth-order valence-electron chi connectivity index (χ4n) is 0.978. The SMILES string of the molecule is COCCN(CCO)CC(=O)C(C)I. The lowest BCUT2D eigenvalue weighted by atomic mass is 10.3. The molecule has 0 fully saturated rings. The Labute approximate surface area is 98.7 Å². The van der Waals surface area contributed by atoms with Crippen molar-refractivity contribution in [3.05, 3.63) is 0 Å². The first kappa shape index (κ1) is 14.3. The molecule has 0 saturated carbocycles. The predicted molar refractivity (Wildman–Crippen MR) is 63.9 cm³/mol. The number of aliphatic hydroxyl groups is 1. The van der Waals surface area contributed by atoms with Crippen molar-refractivity contribution >= 4 is 28.4 Å². The lowest BCUT2D eigenvalue weighted by Gasteiger charge is -2.20. The molecular weight excluding hydrogens is 297 g/mol. The van der Waals surface area contributed by atoms with Gasteiger partial charge in [0.1, 0.15) is 0 Å². The minimum absolute atomic E-state index is 0.0244. The second kappa shape index (κ2) is 8.58. The number of halogens is 1. The number of ketones is 1. The quantitative estimate of drug-likeness (QED) is 0.518. The van der Waals surface area contributed by atoms with Gasteiger partial charge >= 0.3 is 0 Å². The monoisotopic (exact) mass is 315 g/mol. The second-order valence-electron chi connectivity index (χ2n) is 3.07. The average Bonchev–Trinajstić information content (AvgIpc) is 2.14. The van der Waals surface area contributed by atoms with Gasteiger partial charge in [-0.3, -0.25) is 9.69 Å². The zero-order chi connectivity index (χ0) is 11.0. The first-order valence-corrected chi connectivity index (χ1v) is 5.85. The maximum Gasteiger partial charge on any atom is 0.159 e. The standard InChI is InChI=1S/C9H18INO3/c1-8(10)9(13)7-11(3-5-12)4-6-14-2/h8,12H,3-7H2,1-2H3. The highest BCUT2D eigenvalue weighted by molar-refractivity contribution is 14.1. The molecule has 5 heteroatoms. The summed E-state index contributed by atoms with van der Waals surface area (Å²) in [5.41, 5.74) is 0. The van der Waals surface area contributed by atoms with Gasteiger partial charge in [0.15, 0.2) is 5.78 Å². The second-order valence-corrected chi connectivity index (χ2v) is 4.94. The van der Waals surface area contributed by atoms with Gasteiger partial charge in [-0.05, 0) is 6.92 Å². The number of hydrogen-bond acceptors (Lipinski definition) is 4. The fourth-order valence-corrected chi connectivity index (χ4v) is 1.17. The van der Waals surface area contributed by atoms with E-state index in [4.69, 9.17) is 9.84 Å². The summed E-state index contributed by atoms with van der Waals surface area (Å²) in [6, 6.07) is 0. The number of Topliss-reactive ketones (excluding diaryl/α,β-unsaturated/α-hetero) is 1. The van der Waals surface area contributed by atoms with Crippen molar-refractivity contribution in [1.29, 1.82) is 0 Å². The van der Waals surface area contributed by atoms with Crippen molar-refractivity contribution in [2.75, 3.05) is 40.0 Å². The van der Waals surface area contributed by atoms with Gasteiger partial charge in [-0.2, -0.15) is 0 Å². The van der Waals surface area contributed by atoms with Gasteiger partial charge in [0.2, 0.25) is 0 Å². The molecule has 0 aliphatic heterocycles. The molecule has 0 aliphatic carbocycles. The Bertz CT molecular complexity index is 164. The van der Waals surface area contributed by atoms with E-state index in [2.05, 4.69) is 22.6 Å². The number of carbonyl (C=O) groups is 1. The Morgan fingerprint density at radius 1 is 1.57 bits per heavy atom. The average molecular weight is 315 g/mol. The van der Waals surface area contributed by atoms with Crippen LogP contribution >= 0.6 is 22.6 Å². The number of rotatable bonds is 8. The van der Waals surface area contributed by atoms with Crippen LogP contribution in [0.1, 0.15) is 6.92 Å². The Hall–Kier alpha value is 0.280. The summed E-state index contributed by atoms with van der Waals surface area (Å²) >= 11 is 2.10. The minimum Gasteiger partial charge on any atom is -0.395 e. The zero-order valence-corrected chi connectivity index (χ0v) is 10.9. The van der Waals surface area contributed by atoms with Gasteiger partial charge in [-0.1, -0.05) is 22.6 Å². The number of aliphatic hydroxyl groups excluding tert-OH is 1. The molecule has 84 valence electrons. The first-order chi connectivity index (χ1) is 6.61. The zero-order valence-electron chi connectivity index (χ0n) is 8.70. The van der Waals surface area contributed by atoms with Crippen LogP contribution in [0.3, 0.4) is 0 Å². The van der Waals surface area contributed by atoms with E-state index in [1.807, 2.05) is 11.8 Å². The normalized spacial score (nSPS) is 13.2. The predicted octanol–water partition coefficient (Wildman–Crippen LogP) is 0.320. The minimum atomic E-state index is 0.0244. The lowest BCUT2D eigenvalue weighted by Crippen LogP contribution is -2.37. The Kier molecular flexibility index (Phi) is 8.75. The van der Waals surface area contributed by atoms with Crippen molar-refractivity contribution in [1.82, 2.24) is 4.90 Å². The highest BCUT2D eigenvalue weighted by Crippen LogP contribution is 2.01. The number of alkyl halides is 1. The molecule has 14 heavy (non-hydrogen) atoms. The molecule has 0 heterocycles. The highest BCUT2D eigenvalue weighted by Gasteiger charge is 2.13. The molecule has 0 amide bonds. The maximum absolute atomic E-state index is 11.4. The number of ether oxygens (including phenoxy) is 1. The first-order valence-electron chi connectivity index (χ1n) is 4.60. The summed E-state index contributed by atoms with van der Waals surface area (Å²) in [4.78, 5) is 13.3. The summed E-state index contributed by atoms with van der Waals surface area (Å²) in [6.45, 7) is 4.14. The third-order valence-corrected chi connectivity index (χ3v) is 2.55. The fraction of sp³-hybridized carbons (Fsp3) is 0.889. The van der Waals surface area contributed by atoms with Gasteiger partial charge in [0, 0.05) is 20.2 Å². The van der Waals surface area contributed by atoms with Crippen molar-refractivity contribution in [2.24, 2.45) is 0 Å². The van der Waals surface area contributed by atoms with Crippen molar-refractivity contribution in [3.8, 4) is 0 Å². The molecule has 1 N–H and O–H groups in total. The van der Waals surface area contributed by atoms with Gasteiger partial charge in [-0.25, -0.2) is 0 Å². The summed E-state index contributed by atoms with van der Waals surface area (Å²) in [5.74, 6) is 0.190. The van der Waals surface area contributed by atoms with Crippen LogP contribution in [0.4, 0.5) is 0 Å². The van der Waals surface area contributed by atoms with E-state index in [1.54, 1.807) is 7.11 Å². The maximum atomic E-state index is 11.4. The summed E-state index contributed by atoms with van der Waals surface area (Å²) < 4.78 is 4.95. The van der Waals surface area contributed by atoms with E-state index in [-0.39, 0.29) is 16.3 Å². The summed E-state index contributed by atoms with van der Waals surface area (Å²) in [5, 5.41) is 8.79. The van der Waals surface area contributed by atoms with Crippen LogP contribution in [0.5, 0.6) is 0 Å². The number of carbonyl (C=O) groups excluding carboxylic acids is 1. The van der Waals surface area contributed by atoms with E-state index >= 15 is 0 Å². The smallest absolute Gasteiger partial charge is 0.159 e. The van der Waals surface area contributed by atoms with E-state index in [0.29, 0.717) is 26.2 Å². The van der Waals surface area contributed by atoms with Crippen molar-refractivity contribution in [2.45, 2.75) is 10.8 Å². The molecule has 0 aliphatic rings. The molecule has 4 nitrogen and oxygen atoms in total. The van der Waals surface area contributed by atoms with Crippen LogP contribution < -0.4 is 0 Å². The van der Waals surface area contributed by atoms with E-state index < -0.39 is 0 Å². The van der Waals surface area contributed by atoms with E-state index in [0.717, 1.165) is 0 Å². The molecule has 0 aromatic heterocycles.